The quantitative estimate of drug-likeness (QED) is 0.853. The molecule has 0 unspecified atom stereocenters. The van der Waals surface area contributed by atoms with Gasteiger partial charge in [-0.1, -0.05) is 0 Å². The highest BCUT2D eigenvalue weighted by Crippen LogP contribution is 2.32. The van der Waals surface area contributed by atoms with Crippen LogP contribution in [0.2, 0.25) is 0 Å². The molecule has 0 radical (unpaired) electrons. The molecule has 84 valence electrons. The normalized spacial score (nSPS) is 10.1. The van der Waals surface area contributed by atoms with E-state index in [0.717, 1.165) is 6.54 Å². The third-order valence-electron chi connectivity index (χ3n) is 2.11. The lowest BCUT2D eigenvalue weighted by molar-refractivity contribution is 0.412. The molecule has 0 aliphatic carbocycles. The Morgan fingerprint density at radius 3 is 2.94 bits per heavy atom. The molecule has 16 heavy (non-hydrogen) atoms. The minimum absolute atomic E-state index is 0.597. The Labute approximate surface area is 93.5 Å². The van der Waals surface area contributed by atoms with Gasteiger partial charge in [-0.2, -0.15) is 0 Å². The van der Waals surface area contributed by atoms with Gasteiger partial charge in [0, 0.05) is 6.54 Å². The van der Waals surface area contributed by atoms with Gasteiger partial charge in [-0.05, 0) is 19.1 Å². The number of hydrogen-bond acceptors (Lipinski definition) is 5. The van der Waals surface area contributed by atoms with Crippen LogP contribution in [-0.2, 0) is 0 Å². The van der Waals surface area contributed by atoms with Gasteiger partial charge in [0.25, 0.3) is 0 Å². The van der Waals surface area contributed by atoms with Crippen LogP contribution < -0.4 is 10.1 Å². The summed E-state index contributed by atoms with van der Waals surface area (Å²) in [7, 11) is 1.59. The summed E-state index contributed by atoms with van der Waals surface area (Å²) in [6.07, 6.45) is 3.09. The summed E-state index contributed by atoms with van der Waals surface area (Å²) < 4.78 is 10.6. The van der Waals surface area contributed by atoms with Crippen LogP contribution in [0.3, 0.4) is 0 Å². The third kappa shape index (κ3) is 1.84. The summed E-state index contributed by atoms with van der Waals surface area (Å²) in [5, 5.41) is 3.11. The topological polar surface area (TPSA) is 60.2 Å². The Hall–Kier alpha value is -2.04. The average molecular weight is 219 g/mol. The van der Waals surface area contributed by atoms with Crippen LogP contribution >= 0.6 is 0 Å². The van der Waals surface area contributed by atoms with Gasteiger partial charge in [0.05, 0.1) is 13.4 Å². The monoisotopic (exact) mass is 219 g/mol. The molecule has 0 saturated heterocycles. The van der Waals surface area contributed by atoms with Gasteiger partial charge in [0.2, 0.25) is 0 Å². The first-order chi connectivity index (χ1) is 7.86. The third-order valence-corrected chi connectivity index (χ3v) is 2.11. The van der Waals surface area contributed by atoms with Gasteiger partial charge in [-0.25, -0.2) is 9.97 Å². The number of ether oxygens (including phenoxy) is 1. The van der Waals surface area contributed by atoms with Crippen LogP contribution in [0.4, 0.5) is 5.82 Å². The van der Waals surface area contributed by atoms with Crippen molar-refractivity contribution in [1.29, 1.82) is 0 Å². The van der Waals surface area contributed by atoms with Crippen LogP contribution in [0.1, 0.15) is 6.92 Å². The standard InChI is InChI=1S/C11H13N3O2/c1-3-12-11-10(15-2)9(13-7-14-11)8-5-4-6-16-8/h4-7H,3H2,1-2H3,(H,12,13,14). The molecule has 0 atom stereocenters. The molecule has 0 saturated carbocycles. The Kier molecular flexibility index (Phi) is 3.05. The van der Waals surface area contributed by atoms with Crippen LogP contribution in [0, 0.1) is 0 Å². The molecule has 0 fully saturated rings. The first-order valence-corrected chi connectivity index (χ1v) is 5.03. The van der Waals surface area contributed by atoms with E-state index in [4.69, 9.17) is 9.15 Å². The summed E-state index contributed by atoms with van der Waals surface area (Å²) in [5.74, 6) is 1.93. The number of aromatic nitrogens is 2. The second kappa shape index (κ2) is 4.65. The van der Waals surface area contributed by atoms with Gasteiger partial charge < -0.3 is 14.5 Å². The highest BCUT2D eigenvalue weighted by Gasteiger charge is 2.14. The Morgan fingerprint density at radius 2 is 2.31 bits per heavy atom. The Balaban J connectivity index is 2.49. The summed E-state index contributed by atoms with van der Waals surface area (Å²) >= 11 is 0. The lowest BCUT2D eigenvalue weighted by Crippen LogP contribution is -2.04. The molecule has 1 N–H and O–H groups in total. The highest BCUT2D eigenvalue weighted by molar-refractivity contribution is 5.68. The minimum Gasteiger partial charge on any atom is -0.491 e. The molecule has 0 aromatic carbocycles. The van der Waals surface area contributed by atoms with Gasteiger partial charge in [-0.15, -0.1) is 0 Å². The zero-order valence-electron chi connectivity index (χ0n) is 9.23. The number of nitrogens with zero attached hydrogens (tertiary/aromatic N) is 2. The van der Waals surface area contributed by atoms with E-state index in [1.165, 1.54) is 6.33 Å². The SMILES string of the molecule is CCNc1ncnc(-c2ccco2)c1OC. The van der Waals surface area contributed by atoms with E-state index in [0.29, 0.717) is 23.0 Å². The summed E-state index contributed by atoms with van der Waals surface area (Å²) in [5.41, 5.74) is 0.651. The summed E-state index contributed by atoms with van der Waals surface area (Å²) in [6, 6.07) is 3.64. The fourth-order valence-electron chi connectivity index (χ4n) is 1.45. The molecule has 0 aliphatic heterocycles. The molecule has 0 bridgehead atoms. The fraction of sp³-hybridized carbons (Fsp3) is 0.273. The fourth-order valence-corrected chi connectivity index (χ4v) is 1.45. The predicted octanol–water partition coefficient (Wildman–Crippen LogP) is 2.18. The van der Waals surface area contributed by atoms with Gasteiger partial charge >= 0.3 is 0 Å². The van der Waals surface area contributed by atoms with Gasteiger partial charge in [-0.3, -0.25) is 0 Å². The molecule has 0 aliphatic rings. The minimum atomic E-state index is 0.597. The number of nitrogens with one attached hydrogen (secondary N) is 1. The zero-order chi connectivity index (χ0) is 11.4. The van der Waals surface area contributed by atoms with Crippen molar-refractivity contribution in [2.45, 2.75) is 6.92 Å². The van der Waals surface area contributed by atoms with E-state index >= 15 is 0 Å². The van der Waals surface area contributed by atoms with Gasteiger partial charge in [0.1, 0.15) is 6.33 Å². The maximum absolute atomic E-state index is 5.31. The van der Waals surface area contributed by atoms with Crippen LogP contribution in [-0.4, -0.2) is 23.6 Å². The van der Waals surface area contributed by atoms with Crippen molar-refractivity contribution in [3.8, 4) is 17.2 Å². The molecule has 2 aromatic heterocycles. The van der Waals surface area contributed by atoms with Crippen molar-refractivity contribution >= 4 is 5.82 Å². The van der Waals surface area contributed by atoms with E-state index in [9.17, 15) is 0 Å². The summed E-state index contributed by atoms with van der Waals surface area (Å²) in [4.78, 5) is 8.29. The molecular weight excluding hydrogens is 206 g/mol. The molecule has 5 nitrogen and oxygen atoms in total. The Morgan fingerprint density at radius 1 is 1.44 bits per heavy atom. The summed E-state index contributed by atoms with van der Waals surface area (Å²) in [6.45, 7) is 2.76. The van der Waals surface area contributed by atoms with Crippen molar-refractivity contribution in [3.63, 3.8) is 0 Å². The zero-order valence-corrected chi connectivity index (χ0v) is 9.23. The van der Waals surface area contributed by atoms with E-state index in [-0.39, 0.29) is 0 Å². The van der Waals surface area contributed by atoms with E-state index < -0.39 is 0 Å². The van der Waals surface area contributed by atoms with Crippen molar-refractivity contribution in [2.24, 2.45) is 0 Å². The van der Waals surface area contributed by atoms with E-state index in [1.807, 2.05) is 19.1 Å². The molecule has 5 heteroatoms. The number of furan rings is 1. The number of anilines is 1. The molecule has 2 rings (SSSR count). The Bertz CT molecular complexity index is 454. The second-order valence-electron chi connectivity index (χ2n) is 3.11. The van der Waals surface area contributed by atoms with Crippen LogP contribution in [0.15, 0.2) is 29.1 Å². The second-order valence-corrected chi connectivity index (χ2v) is 3.11. The molecule has 2 aromatic rings. The highest BCUT2D eigenvalue weighted by atomic mass is 16.5. The van der Waals surface area contributed by atoms with E-state index in [1.54, 1.807) is 13.4 Å². The molecule has 0 spiro atoms. The largest absolute Gasteiger partial charge is 0.491 e. The van der Waals surface area contributed by atoms with Crippen molar-refractivity contribution in [1.82, 2.24) is 9.97 Å². The maximum Gasteiger partial charge on any atom is 0.190 e. The predicted molar refractivity (Wildman–Crippen MR) is 60.4 cm³/mol. The molecule has 2 heterocycles. The lowest BCUT2D eigenvalue weighted by Gasteiger charge is -2.10. The van der Waals surface area contributed by atoms with E-state index in [2.05, 4.69) is 15.3 Å². The lowest BCUT2D eigenvalue weighted by atomic mass is 10.3. The molecular formula is C11H13N3O2. The van der Waals surface area contributed by atoms with Crippen molar-refractivity contribution in [3.05, 3.63) is 24.7 Å². The van der Waals surface area contributed by atoms with Crippen LogP contribution in [0.5, 0.6) is 5.75 Å². The number of hydrogen-bond donors (Lipinski definition) is 1. The van der Waals surface area contributed by atoms with Crippen LogP contribution in [0.25, 0.3) is 11.5 Å². The first kappa shape index (κ1) is 10.5. The number of methoxy groups -OCH3 is 1. The molecule has 0 amide bonds. The van der Waals surface area contributed by atoms with Crippen molar-refractivity contribution in [2.75, 3.05) is 19.0 Å². The number of rotatable bonds is 4. The first-order valence-electron chi connectivity index (χ1n) is 5.03. The van der Waals surface area contributed by atoms with Crippen molar-refractivity contribution < 1.29 is 9.15 Å². The smallest absolute Gasteiger partial charge is 0.190 e. The maximum atomic E-state index is 5.31. The van der Waals surface area contributed by atoms with Gasteiger partial charge in [0.15, 0.2) is 23.0 Å². The average Bonchev–Trinajstić information content (AvgIpc) is 2.82.